The van der Waals surface area contributed by atoms with Crippen LogP contribution in [0.15, 0.2) is 18.2 Å². The SMILES string of the molecule is CCOC(=O)CN1CCc2ccc([N+](=O)[O-])cc2CC1. The predicted octanol–water partition coefficient (Wildman–Crippen LogP) is 1.56. The van der Waals surface area contributed by atoms with Gasteiger partial charge in [-0.15, -0.1) is 0 Å². The number of fused-ring (bicyclic) bond motifs is 1. The van der Waals surface area contributed by atoms with Gasteiger partial charge in [0.1, 0.15) is 0 Å². The van der Waals surface area contributed by atoms with Crippen molar-refractivity contribution in [1.82, 2.24) is 4.90 Å². The third kappa shape index (κ3) is 3.54. The monoisotopic (exact) mass is 278 g/mol. The van der Waals surface area contributed by atoms with Crippen LogP contribution in [-0.2, 0) is 22.4 Å². The van der Waals surface area contributed by atoms with E-state index in [0.717, 1.165) is 30.5 Å². The highest BCUT2D eigenvalue weighted by Crippen LogP contribution is 2.21. The van der Waals surface area contributed by atoms with Crippen molar-refractivity contribution < 1.29 is 14.5 Å². The van der Waals surface area contributed by atoms with Crippen LogP contribution in [0.2, 0.25) is 0 Å². The summed E-state index contributed by atoms with van der Waals surface area (Å²) in [6.45, 7) is 3.94. The Balaban J connectivity index is 2.03. The summed E-state index contributed by atoms with van der Waals surface area (Å²) in [6.07, 6.45) is 1.52. The molecule has 20 heavy (non-hydrogen) atoms. The Bertz CT molecular complexity index is 516. The average Bonchev–Trinajstić information content (AvgIpc) is 2.61. The number of carbonyl (C=O) groups is 1. The molecule has 0 aliphatic carbocycles. The van der Waals surface area contributed by atoms with E-state index in [4.69, 9.17) is 4.74 Å². The molecule has 108 valence electrons. The fraction of sp³-hybridized carbons (Fsp3) is 0.500. The number of hydrogen-bond donors (Lipinski definition) is 0. The Kier molecular flexibility index (Phi) is 4.68. The molecular formula is C14H18N2O4. The fourth-order valence-electron chi connectivity index (χ4n) is 2.42. The van der Waals surface area contributed by atoms with E-state index in [9.17, 15) is 14.9 Å². The minimum absolute atomic E-state index is 0.127. The van der Waals surface area contributed by atoms with Crippen molar-refractivity contribution in [2.24, 2.45) is 0 Å². The van der Waals surface area contributed by atoms with Crippen molar-refractivity contribution in [3.05, 3.63) is 39.4 Å². The number of rotatable bonds is 4. The van der Waals surface area contributed by atoms with E-state index < -0.39 is 0 Å². The molecule has 6 nitrogen and oxygen atoms in total. The molecule has 1 aliphatic heterocycles. The van der Waals surface area contributed by atoms with Gasteiger partial charge in [0.25, 0.3) is 5.69 Å². The highest BCUT2D eigenvalue weighted by Gasteiger charge is 2.18. The largest absolute Gasteiger partial charge is 0.465 e. The number of ether oxygens (including phenoxy) is 1. The Morgan fingerprint density at radius 2 is 2.05 bits per heavy atom. The molecule has 0 aromatic heterocycles. The van der Waals surface area contributed by atoms with Crippen molar-refractivity contribution in [2.75, 3.05) is 26.2 Å². The van der Waals surface area contributed by atoms with Crippen LogP contribution in [0.5, 0.6) is 0 Å². The molecule has 0 amide bonds. The lowest BCUT2D eigenvalue weighted by molar-refractivity contribution is -0.384. The molecule has 0 atom stereocenters. The topological polar surface area (TPSA) is 72.7 Å². The van der Waals surface area contributed by atoms with Gasteiger partial charge in [-0.2, -0.15) is 0 Å². The van der Waals surface area contributed by atoms with Crippen LogP contribution in [0.3, 0.4) is 0 Å². The number of benzene rings is 1. The number of esters is 1. The summed E-state index contributed by atoms with van der Waals surface area (Å²) >= 11 is 0. The minimum atomic E-state index is -0.373. The number of non-ortho nitro benzene ring substituents is 1. The standard InChI is InChI=1S/C14H18N2O4/c1-2-20-14(17)10-15-7-5-11-3-4-13(16(18)19)9-12(11)6-8-15/h3-4,9H,2,5-8,10H2,1H3. The van der Waals surface area contributed by atoms with Crippen molar-refractivity contribution in [3.63, 3.8) is 0 Å². The van der Waals surface area contributed by atoms with Gasteiger partial charge in [-0.05, 0) is 30.9 Å². The number of nitro benzene ring substituents is 1. The van der Waals surface area contributed by atoms with E-state index in [-0.39, 0.29) is 23.1 Å². The van der Waals surface area contributed by atoms with Crippen LogP contribution < -0.4 is 0 Å². The van der Waals surface area contributed by atoms with E-state index in [2.05, 4.69) is 0 Å². The van der Waals surface area contributed by atoms with Crippen LogP contribution in [0.25, 0.3) is 0 Å². The second-order valence-corrected chi connectivity index (χ2v) is 4.79. The van der Waals surface area contributed by atoms with Crippen molar-refractivity contribution >= 4 is 11.7 Å². The van der Waals surface area contributed by atoms with Gasteiger partial charge in [0, 0.05) is 25.2 Å². The van der Waals surface area contributed by atoms with Crippen LogP contribution >= 0.6 is 0 Å². The smallest absolute Gasteiger partial charge is 0.320 e. The summed E-state index contributed by atoms with van der Waals surface area (Å²) in [4.78, 5) is 23.9. The summed E-state index contributed by atoms with van der Waals surface area (Å²) in [5.41, 5.74) is 2.26. The quantitative estimate of drug-likeness (QED) is 0.475. The first kappa shape index (κ1) is 14.5. The highest BCUT2D eigenvalue weighted by molar-refractivity contribution is 5.71. The van der Waals surface area contributed by atoms with Crippen LogP contribution in [0.4, 0.5) is 5.69 Å². The second-order valence-electron chi connectivity index (χ2n) is 4.79. The first-order chi connectivity index (χ1) is 9.60. The summed E-state index contributed by atoms with van der Waals surface area (Å²) in [5, 5.41) is 10.8. The molecule has 1 aromatic carbocycles. The molecule has 0 N–H and O–H groups in total. The molecule has 0 fully saturated rings. The Morgan fingerprint density at radius 3 is 2.70 bits per heavy atom. The first-order valence-corrected chi connectivity index (χ1v) is 6.74. The molecule has 1 aromatic rings. The van der Waals surface area contributed by atoms with E-state index in [1.54, 1.807) is 19.1 Å². The normalized spacial score (nSPS) is 15.2. The van der Waals surface area contributed by atoms with Crippen LogP contribution in [-0.4, -0.2) is 42.0 Å². The maximum Gasteiger partial charge on any atom is 0.320 e. The van der Waals surface area contributed by atoms with Gasteiger partial charge >= 0.3 is 5.97 Å². The number of nitrogens with zero attached hydrogens (tertiary/aromatic N) is 2. The molecule has 0 radical (unpaired) electrons. The maximum absolute atomic E-state index is 11.5. The molecule has 0 saturated carbocycles. The lowest BCUT2D eigenvalue weighted by Crippen LogP contribution is -2.33. The van der Waals surface area contributed by atoms with Crippen molar-refractivity contribution in [1.29, 1.82) is 0 Å². The van der Waals surface area contributed by atoms with Crippen molar-refractivity contribution in [3.8, 4) is 0 Å². The van der Waals surface area contributed by atoms with Gasteiger partial charge in [0.2, 0.25) is 0 Å². The Morgan fingerprint density at radius 1 is 1.35 bits per heavy atom. The summed E-state index contributed by atoms with van der Waals surface area (Å²) in [6, 6.07) is 5.00. The average molecular weight is 278 g/mol. The first-order valence-electron chi connectivity index (χ1n) is 6.74. The second kappa shape index (κ2) is 6.47. The number of nitro groups is 1. The van der Waals surface area contributed by atoms with E-state index >= 15 is 0 Å². The molecule has 0 spiro atoms. The zero-order valence-electron chi connectivity index (χ0n) is 11.5. The van der Waals surface area contributed by atoms with Gasteiger partial charge in [0.05, 0.1) is 18.1 Å². The summed E-state index contributed by atoms with van der Waals surface area (Å²) in [5.74, 6) is -0.218. The minimum Gasteiger partial charge on any atom is -0.465 e. The van der Waals surface area contributed by atoms with E-state index in [1.807, 2.05) is 11.0 Å². The summed E-state index contributed by atoms with van der Waals surface area (Å²) in [7, 11) is 0. The van der Waals surface area contributed by atoms with Crippen LogP contribution in [0, 0.1) is 10.1 Å². The fourth-order valence-corrected chi connectivity index (χ4v) is 2.42. The Hall–Kier alpha value is -1.95. The van der Waals surface area contributed by atoms with Gasteiger partial charge in [-0.1, -0.05) is 6.07 Å². The molecular weight excluding hydrogens is 260 g/mol. The van der Waals surface area contributed by atoms with Crippen molar-refractivity contribution in [2.45, 2.75) is 19.8 Å². The van der Waals surface area contributed by atoms with Crippen LogP contribution in [0.1, 0.15) is 18.1 Å². The van der Waals surface area contributed by atoms with E-state index in [1.165, 1.54) is 0 Å². The highest BCUT2D eigenvalue weighted by atomic mass is 16.6. The maximum atomic E-state index is 11.5. The molecule has 1 aliphatic rings. The van der Waals surface area contributed by atoms with Gasteiger partial charge in [-0.25, -0.2) is 0 Å². The van der Waals surface area contributed by atoms with Gasteiger partial charge in [0.15, 0.2) is 0 Å². The molecule has 0 bridgehead atoms. The Labute approximate surface area is 117 Å². The predicted molar refractivity (Wildman–Crippen MR) is 73.6 cm³/mol. The number of carbonyl (C=O) groups excluding carboxylic acids is 1. The molecule has 6 heteroatoms. The third-order valence-electron chi connectivity index (χ3n) is 3.45. The lowest BCUT2D eigenvalue weighted by Gasteiger charge is -2.18. The van der Waals surface area contributed by atoms with Gasteiger partial charge in [-0.3, -0.25) is 19.8 Å². The third-order valence-corrected chi connectivity index (χ3v) is 3.45. The van der Waals surface area contributed by atoms with Gasteiger partial charge < -0.3 is 4.74 Å². The zero-order valence-corrected chi connectivity index (χ0v) is 11.5. The van der Waals surface area contributed by atoms with E-state index in [0.29, 0.717) is 13.2 Å². The molecule has 0 saturated heterocycles. The summed E-state index contributed by atoms with van der Waals surface area (Å²) < 4.78 is 4.94. The molecule has 2 rings (SSSR count). The lowest BCUT2D eigenvalue weighted by atomic mass is 10.0. The zero-order chi connectivity index (χ0) is 14.5. The number of hydrogen-bond acceptors (Lipinski definition) is 5. The molecule has 0 unspecified atom stereocenters. The molecule has 1 heterocycles.